The summed E-state index contributed by atoms with van der Waals surface area (Å²) in [5.41, 5.74) is 4.23. The fourth-order valence-corrected chi connectivity index (χ4v) is 5.74. The molecule has 3 aromatic rings. The van der Waals surface area contributed by atoms with Crippen LogP contribution in [-0.2, 0) is 6.42 Å². The molecule has 5 heteroatoms. The van der Waals surface area contributed by atoms with Crippen LogP contribution in [0.25, 0.3) is 16.6 Å². The van der Waals surface area contributed by atoms with Gasteiger partial charge in [-0.2, -0.15) is 0 Å². The lowest BCUT2D eigenvalue weighted by Crippen LogP contribution is -2.48. The monoisotopic (exact) mass is 445 g/mol. The molecule has 0 spiro atoms. The highest BCUT2D eigenvalue weighted by atomic mass is 16.5. The average Bonchev–Trinajstić information content (AvgIpc) is 3.25. The highest BCUT2D eigenvalue weighted by Crippen LogP contribution is 2.51. The third-order valence-corrected chi connectivity index (χ3v) is 7.66. The lowest BCUT2D eigenvalue weighted by atomic mass is 9.61. The Hall–Kier alpha value is -2.63. The van der Waals surface area contributed by atoms with E-state index in [9.17, 15) is 5.11 Å². The Kier molecular flexibility index (Phi) is 6.26. The molecule has 3 aliphatic rings. The van der Waals surface area contributed by atoms with Crippen molar-refractivity contribution in [2.24, 2.45) is 11.8 Å². The standard InChI is InChI=1S/C28H35N3O2/c1-31(15-6-9-27-29-25-13-12-23(33-2)18-26(25)30-27)16-14-28(32)19-21-10-11-22(28)17-24(21)20-7-4-3-5-8-20/h3-5,7-8,12-13,17-18,21-22,32H,6,9-11,14-16,19H2,1-2H3,(H,29,30)/t21-,22+,28-/m0/s1. The highest BCUT2D eigenvalue weighted by Gasteiger charge is 2.46. The number of aryl methyl sites for hydroxylation is 1. The first-order chi connectivity index (χ1) is 16.0. The second-order valence-electron chi connectivity index (χ2n) is 9.90. The molecule has 0 unspecified atom stereocenters. The number of ether oxygens (including phenoxy) is 1. The van der Waals surface area contributed by atoms with Crippen molar-refractivity contribution < 1.29 is 9.84 Å². The molecule has 1 fully saturated rings. The van der Waals surface area contributed by atoms with Crippen molar-refractivity contribution in [3.05, 3.63) is 66.0 Å². The summed E-state index contributed by atoms with van der Waals surface area (Å²) >= 11 is 0. The van der Waals surface area contributed by atoms with E-state index in [4.69, 9.17) is 9.72 Å². The molecule has 2 bridgehead atoms. The van der Waals surface area contributed by atoms with E-state index >= 15 is 0 Å². The van der Waals surface area contributed by atoms with Crippen molar-refractivity contribution in [1.82, 2.24) is 14.9 Å². The summed E-state index contributed by atoms with van der Waals surface area (Å²) in [4.78, 5) is 10.5. The molecule has 1 aromatic heterocycles. The van der Waals surface area contributed by atoms with Gasteiger partial charge >= 0.3 is 0 Å². The van der Waals surface area contributed by atoms with Gasteiger partial charge in [0.15, 0.2) is 0 Å². The van der Waals surface area contributed by atoms with E-state index in [0.29, 0.717) is 5.92 Å². The van der Waals surface area contributed by atoms with Crippen molar-refractivity contribution in [3.8, 4) is 5.75 Å². The number of aromatic amines is 1. The van der Waals surface area contributed by atoms with Gasteiger partial charge < -0.3 is 19.7 Å². The molecule has 1 saturated carbocycles. The largest absolute Gasteiger partial charge is 0.497 e. The Bertz CT molecular complexity index is 1120. The van der Waals surface area contributed by atoms with E-state index in [-0.39, 0.29) is 5.92 Å². The lowest BCUT2D eigenvalue weighted by Gasteiger charge is -2.48. The molecule has 174 valence electrons. The first-order valence-electron chi connectivity index (χ1n) is 12.2. The number of hydrogen-bond donors (Lipinski definition) is 2. The van der Waals surface area contributed by atoms with Crippen LogP contribution in [0.2, 0.25) is 0 Å². The van der Waals surface area contributed by atoms with E-state index in [0.717, 1.165) is 67.8 Å². The minimum atomic E-state index is -0.562. The molecule has 2 aromatic carbocycles. The predicted molar refractivity (Wildman–Crippen MR) is 133 cm³/mol. The summed E-state index contributed by atoms with van der Waals surface area (Å²) < 4.78 is 5.30. The van der Waals surface area contributed by atoms with E-state index in [1.807, 2.05) is 18.2 Å². The summed E-state index contributed by atoms with van der Waals surface area (Å²) in [6.07, 6.45) is 8.38. The van der Waals surface area contributed by atoms with Crippen molar-refractivity contribution in [3.63, 3.8) is 0 Å². The van der Waals surface area contributed by atoms with Crippen LogP contribution in [0.15, 0.2) is 54.6 Å². The number of methoxy groups -OCH3 is 1. The Labute approximate surface area is 196 Å². The Balaban J connectivity index is 1.12. The average molecular weight is 446 g/mol. The number of rotatable bonds is 9. The summed E-state index contributed by atoms with van der Waals surface area (Å²) in [6, 6.07) is 16.6. The van der Waals surface area contributed by atoms with E-state index in [2.05, 4.69) is 53.3 Å². The summed E-state index contributed by atoms with van der Waals surface area (Å²) in [7, 11) is 3.85. The molecule has 0 aliphatic heterocycles. The number of benzene rings is 2. The third-order valence-electron chi connectivity index (χ3n) is 7.66. The maximum absolute atomic E-state index is 11.5. The zero-order valence-corrected chi connectivity index (χ0v) is 19.8. The third kappa shape index (κ3) is 4.71. The van der Waals surface area contributed by atoms with E-state index in [1.165, 1.54) is 17.6 Å². The minimum Gasteiger partial charge on any atom is -0.497 e. The Morgan fingerprint density at radius 1 is 1.15 bits per heavy atom. The number of H-pyrrole nitrogens is 1. The van der Waals surface area contributed by atoms with Crippen LogP contribution in [-0.4, -0.2) is 52.8 Å². The molecule has 33 heavy (non-hydrogen) atoms. The first-order valence-corrected chi connectivity index (χ1v) is 12.2. The number of allylic oxidation sites excluding steroid dienone is 1. The molecule has 2 N–H and O–H groups in total. The molecular weight excluding hydrogens is 410 g/mol. The van der Waals surface area contributed by atoms with Crippen LogP contribution >= 0.6 is 0 Å². The molecule has 1 heterocycles. The minimum absolute atomic E-state index is 0.277. The maximum Gasteiger partial charge on any atom is 0.121 e. The van der Waals surface area contributed by atoms with Crippen molar-refractivity contribution in [1.29, 1.82) is 0 Å². The lowest BCUT2D eigenvalue weighted by molar-refractivity contribution is -0.0574. The van der Waals surface area contributed by atoms with Crippen LogP contribution in [0.3, 0.4) is 0 Å². The van der Waals surface area contributed by atoms with Crippen molar-refractivity contribution in [2.75, 3.05) is 27.2 Å². The number of nitrogens with zero attached hydrogens (tertiary/aromatic N) is 2. The number of hydrogen-bond acceptors (Lipinski definition) is 4. The quantitative estimate of drug-likeness (QED) is 0.483. The van der Waals surface area contributed by atoms with Crippen LogP contribution in [0.4, 0.5) is 0 Å². The Morgan fingerprint density at radius 2 is 2.00 bits per heavy atom. The number of aliphatic hydroxyl groups is 1. The smallest absolute Gasteiger partial charge is 0.121 e. The molecule has 0 saturated heterocycles. The number of aromatic nitrogens is 2. The summed E-state index contributed by atoms with van der Waals surface area (Å²) in [6.45, 7) is 1.92. The molecular formula is C28H35N3O2. The van der Waals surface area contributed by atoms with Crippen LogP contribution < -0.4 is 4.74 Å². The topological polar surface area (TPSA) is 61.4 Å². The molecule has 0 radical (unpaired) electrons. The molecule has 0 amide bonds. The van der Waals surface area contributed by atoms with Gasteiger partial charge in [0.25, 0.3) is 0 Å². The van der Waals surface area contributed by atoms with Crippen molar-refractivity contribution >= 4 is 16.6 Å². The van der Waals surface area contributed by atoms with Gasteiger partial charge in [0, 0.05) is 24.9 Å². The van der Waals surface area contributed by atoms with Gasteiger partial charge in [-0.25, -0.2) is 4.98 Å². The van der Waals surface area contributed by atoms with Crippen LogP contribution in [0.1, 0.15) is 43.5 Å². The zero-order valence-electron chi connectivity index (χ0n) is 19.8. The second kappa shape index (κ2) is 9.32. The highest BCUT2D eigenvalue weighted by molar-refractivity contribution is 5.76. The number of imidazole rings is 1. The van der Waals surface area contributed by atoms with Gasteiger partial charge in [-0.15, -0.1) is 0 Å². The van der Waals surface area contributed by atoms with Crippen molar-refractivity contribution in [2.45, 2.75) is 44.1 Å². The maximum atomic E-state index is 11.5. The van der Waals surface area contributed by atoms with E-state index < -0.39 is 5.60 Å². The summed E-state index contributed by atoms with van der Waals surface area (Å²) in [5.74, 6) is 2.63. The van der Waals surface area contributed by atoms with Crippen LogP contribution in [0, 0.1) is 11.8 Å². The zero-order chi connectivity index (χ0) is 22.8. The second-order valence-corrected chi connectivity index (χ2v) is 9.90. The van der Waals surface area contributed by atoms with E-state index in [1.54, 1.807) is 7.11 Å². The Morgan fingerprint density at radius 3 is 2.76 bits per heavy atom. The van der Waals surface area contributed by atoms with Gasteiger partial charge in [-0.1, -0.05) is 36.4 Å². The van der Waals surface area contributed by atoms with Gasteiger partial charge in [0.05, 0.1) is 23.7 Å². The van der Waals surface area contributed by atoms with Gasteiger partial charge in [0.1, 0.15) is 11.6 Å². The van der Waals surface area contributed by atoms with Gasteiger partial charge in [-0.05, 0) is 74.9 Å². The van der Waals surface area contributed by atoms with Crippen LogP contribution in [0.5, 0.6) is 5.75 Å². The number of fused-ring (bicyclic) bond motifs is 3. The summed E-state index contributed by atoms with van der Waals surface area (Å²) in [5, 5.41) is 11.5. The number of nitrogens with one attached hydrogen (secondary N) is 1. The normalized spacial score (nSPS) is 24.4. The fourth-order valence-electron chi connectivity index (χ4n) is 5.74. The fraction of sp³-hybridized carbons (Fsp3) is 0.464. The van der Waals surface area contributed by atoms with Gasteiger partial charge in [-0.3, -0.25) is 0 Å². The molecule has 6 rings (SSSR count). The SMILES string of the molecule is COc1ccc2nc(CCCN(C)CC[C@]3(O)C[C@@H]4CC[C@@H]3C=C4c3ccccc3)[nH]c2c1. The molecule has 3 aliphatic carbocycles. The van der Waals surface area contributed by atoms with Gasteiger partial charge in [0.2, 0.25) is 0 Å². The first kappa shape index (κ1) is 22.2. The predicted octanol–water partition coefficient (Wildman–Crippen LogP) is 5.07. The molecule has 3 atom stereocenters. The molecule has 5 nitrogen and oxygen atoms in total.